The zero-order valence-electron chi connectivity index (χ0n) is 41.4. The van der Waals surface area contributed by atoms with Gasteiger partial charge in [-0.15, -0.1) is 0 Å². The van der Waals surface area contributed by atoms with Gasteiger partial charge in [-0.25, -0.2) is 0 Å². The van der Waals surface area contributed by atoms with Crippen molar-refractivity contribution in [1.29, 1.82) is 0 Å². The van der Waals surface area contributed by atoms with Crippen LogP contribution >= 0.6 is 0 Å². The fourth-order valence-electron chi connectivity index (χ4n) is 9.81. The number of hydrogen-bond acceptors (Lipinski definition) is 7. The first-order chi connectivity index (χ1) is 28.7. The van der Waals surface area contributed by atoms with Gasteiger partial charge in [0, 0.05) is 53.0 Å². The third kappa shape index (κ3) is 21.8. The second kappa shape index (κ2) is 27.3. The summed E-state index contributed by atoms with van der Waals surface area (Å²) in [6.07, 6.45) is 25.3. The molecule has 2 fully saturated rings. The number of ketones is 1. The van der Waals surface area contributed by atoms with Crippen molar-refractivity contribution >= 4 is 11.8 Å². The molecular formula is C54H92N2O5. The first kappa shape index (κ1) is 54.2. The Hall–Kier alpha value is -2.90. The number of hydrogen-bond donors (Lipinski definition) is 2. The van der Waals surface area contributed by atoms with Crippen LogP contribution in [0.4, 0.5) is 0 Å². The monoisotopic (exact) mass is 849 g/mol. The number of carbonyl (C=O) groups excluding carboxylic acids is 2. The molecule has 0 amide bonds. The van der Waals surface area contributed by atoms with Gasteiger partial charge in [0.1, 0.15) is 17.6 Å². The van der Waals surface area contributed by atoms with E-state index in [1.807, 2.05) is 18.2 Å². The standard InChI is InChI=1S/C23H45NO2.C21H26O3.C10H21N/c1-7-8-9-10-11-12-13-14-15-16-17-21(25)26-20-18-22(2,3)24(6)23(4,5)19-20;1-2-3-4-5-6-10-15-24-18-13-14-19(20(22)16-18)21(23)17-11-8-7-9-12-17;1-8-6-9(2,3)11-10(4,5)7-8/h20H,7-19H2,1-6H3;7-9,11-14,16,22H,2-6,10,15H2,1H3;8,11H,6-7H2,1-5H3. The van der Waals surface area contributed by atoms with Gasteiger partial charge in [-0.3, -0.25) is 14.5 Å². The van der Waals surface area contributed by atoms with Gasteiger partial charge in [-0.2, -0.15) is 0 Å². The molecule has 2 aromatic carbocycles. The van der Waals surface area contributed by atoms with E-state index in [2.05, 4.69) is 93.4 Å². The van der Waals surface area contributed by atoms with Gasteiger partial charge in [0.2, 0.25) is 0 Å². The van der Waals surface area contributed by atoms with Crippen molar-refractivity contribution in [2.24, 2.45) is 5.92 Å². The molecule has 7 nitrogen and oxygen atoms in total. The number of likely N-dealkylation sites (tertiary alicyclic amines) is 1. The highest BCUT2D eigenvalue weighted by Gasteiger charge is 2.44. The van der Waals surface area contributed by atoms with Crippen LogP contribution in [0.1, 0.15) is 227 Å². The predicted octanol–water partition coefficient (Wildman–Crippen LogP) is 14.4. The van der Waals surface area contributed by atoms with Crippen LogP contribution < -0.4 is 10.1 Å². The average Bonchev–Trinajstić information content (AvgIpc) is 3.16. The summed E-state index contributed by atoms with van der Waals surface area (Å²) in [6.45, 7) is 25.6. The molecule has 0 unspecified atom stereocenters. The number of carbonyl (C=O) groups is 2. The third-order valence-corrected chi connectivity index (χ3v) is 12.7. The van der Waals surface area contributed by atoms with E-state index in [1.165, 1.54) is 96.0 Å². The Morgan fingerprint density at radius 1 is 0.672 bits per heavy atom. The molecule has 2 heterocycles. The SMILES string of the molecule is CC1CC(C)(C)NC(C)(C)C1.CCCCCCCCCCCCC(=O)OC1CC(C)(C)N(C)C(C)(C)C1.CCCCCCCCOc1ccc(C(=O)c2ccccc2)c(O)c1. The molecule has 0 radical (unpaired) electrons. The number of piperidine rings is 2. The molecule has 2 aromatic rings. The van der Waals surface area contributed by atoms with E-state index < -0.39 is 0 Å². The van der Waals surface area contributed by atoms with Crippen LogP contribution in [0.3, 0.4) is 0 Å². The van der Waals surface area contributed by atoms with Crippen molar-refractivity contribution in [3.8, 4) is 11.5 Å². The van der Waals surface area contributed by atoms with Gasteiger partial charge in [0.25, 0.3) is 0 Å². The maximum absolute atomic E-state index is 12.4. The number of nitrogens with zero attached hydrogens (tertiary/aromatic N) is 1. The molecule has 4 rings (SSSR count). The summed E-state index contributed by atoms with van der Waals surface area (Å²) in [5.74, 6) is 1.25. The van der Waals surface area contributed by atoms with Gasteiger partial charge < -0.3 is 19.9 Å². The summed E-state index contributed by atoms with van der Waals surface area (Å²) in [6, 6.07) is 13.8. The molecule has 0 saturated carbocycles. The molecule has 2 saturated heterocycles. The molecule has 0 aromatic heterocycles. The molecule has 0 spiro atoms. The third-order valence-electron chi connectivity index (χ3n) is 12.7. The van der Waals surface area contributed by atoms with E-state index in [4.69, 9.17) is 9.47 Å². The second-order valence-electron chi connectivity index (χ2n) is 21.0. The largest absolute Gasteiger partial charge is 0.507 e. The number of aromatic hydroxyl groups is 1. The highest BCUT2D eigenvalue weighted by atomic mass is 16.5. The fraction of sp³-hybridized carbons (Fsp3) is 0.741. The minimum atomic E-state index is -0.185. The van der Waals surface area contributed by atoms with Crippen molar-refractivity contribution < 1.29 is 24.2 Å². The van der Waals surface area contributed by atoms with Crippen LogP contribution in [0.5, 0.6) is 11.5 Å². The Morgan fingerprint density at radius 2 is 1.15 bits per heavy atom. The highest BCUT2D eigenvalue weighted by Crippen LogP contribution is 2.38. The predicted molar refractivity (Wildman–Crippen MR) is 258 cm³/mol. The minimum absolute atomic E-state index is 0.00530. The van der Waals surface area contributed by atoms with Crippen LogP contribution in [0.15, 0.2) is 48.5 Å². The smallest absolute Gasteiger partial charge is 0.306 e. The van der Waals surface area contributed by atoms with Gasteiger partial charge in [0.05, 0.1) is 12.2 Å². The van der Waals surface area contributed by atoms with Gasteiger partial charge >= 0.3 is 5.97 Å². The number of esters is 1. The zero-order valence-corrected chi connectivity index (χ0v) is 41.4. The molecule has 0 aliphatic carbocycles. The van der Waals surface area contributed by atoms with E-state index in [9.17, 15) is 14.7 Å². The quantitative estimate of drug-likeness (QED) is 0.0693. The zero-order chi connectivity index (χ0) is 45.5. The molecule has 348 valence electrons. The summed E-state index contributed by atoms with van der Waals surface area (Å²) in [5, 5.41) is 13.8. The Kier molecular flexibility index (Phi) is 24.3. The van der Waals surface area contributed by atoms with Crippen molar-refractivity contribution in [2.75, 3.05) is 13.7 Å². The lowest BCUT2D eigenvalue weighted by molar-refractivity contribution is -0.159. The summed E-state index contributed by atoms with van der Waals surface area (Å²) < 4.78 is 11.5. The van der Waals surface area contributed by atoms with E-state index in [-0.39, 0.29) is 34.7 Å². The van der Waals surface area contributed by atoms with Crippen molar-refractivity contribution in [1.82, 2.24) is 10.2 Å². The van der Waals surface area contributed by atoms with Crippen molar-refractivity contribution in [2.45, 2.75) is 239 Å². The lowest BCUT2D eigenvalue weighted by Crippen LogP contribution is -2.60. The lowest BCUT2D eigenvalue weighted by Gasteiger charge is -2.53. The van der Waals surface area contributed by atoms with Crippen LogP contribution in [0.2, 0.25) is 0 Å². The van der Waals surface area contributed by atoms with E-state index in [1.54, 1.807) is 24.3 Å². The van der Waals surface area contributed by atoms with Crippen LogP contribution in [0.25, 0.3) is 0 Å². The first-order valence-corrected chi connectivity index (χ1v) is 24.5. The van der Waals surface area contributed by atoms with Crippen molar-refractivity contribution in [3.63, 3.8) is 0 Å². The summed E-state index contributed by atoms with van der Waals surface area (Å²) in [4.78, 5) is 27.0. The van der Waals surface area contributed by atoms with Gasteiger partial charge in [-0.05, 0) is 106 Å². The van der Waals surface area contributed by atoms with Crippen LogP contribution in [-0.4, -0.2) is 63.7 Å². The molecule has 0 atom stereocenters. The molecule has 61 heavy (non-hydrogen) atoms. The molecular weight excluding hydrogens is 757 g/mol. The number of nitrogens with one attached hydrogen (secondary N) is 1. The molecule has 2 N–H and O–H groups in total. The number of ether oxygens (including phenoxy) is 2. The molecule has 7 heteroatoms. The number of phenolic OH excluding ortho intramolecular Hbond substituents is 1. The van der Waals surface area contributed by atoms with E-state index in [0.717, 1.165) is 44.4 Å². The minimum Gasteiger partial charge on any atom is -0.507 e. The number of benzene rings is 2. The molecule has 2 aliphatic heterocycles. The Bertz CT molecular complexity index is 1480. The fourth-order valence-corrected chi connectivity index (χ4v) is 9.81. The topological polar surface area (TPSA) is 88.1 Å². The average molecular weight is 849 g/mol. The Balaban J connectivity index is 0.000000339. The maximum atomic E-state index is 12.4. The summed E-state index contributed by atoms with van der Waals surface area (Å²) >= 11 is 0. The Labute approximate surface area is 374 Å². The Morgan fingerprint density at radius 3 is 1.62 bits per heavy atom. The summed E-state index contributed by atoms with van der Waals surface area (Å²) in [7, 11) is 2.18. The van der Waals surface area contributed by atoms with Crippen molar-refractivity contribution in [3.05, 3.63) is 59.7 Å². The second-order valence-corrected chi connectivity index (χ2v) is 21.0. The number of rotatable bonds is 22. The van der Waals surface area contributed by atoms with Gasteiger partial charge in [-0.1, -0.05) is 141 Å². The molecule has 0 bridgehead atoms. The molecule has 2 aliphatic rings. The van der Waals surface area contributed by atoms with Gasteiger partial charge in [0.15, 0.2) is 5.78 Å². The van der Waals surface area contributed by atoms with Crippen LogP contribution in [0, 0.1) is 5.92 Å². The maximum Gasteiger partial charge on any atom is 0.306 e. The van der Waals surface area contributed by atoms with Crippen LogP contribution in [-0.2, 0) is 9.53 Å². The highest BCUT2D eigenvalue weighted by molar-refractivity contribution is 6.10. The first-order valence-electron chi connectivity index (χ1n) is 24.5. The lowest BCUT2D eigenvalue weighted by atomic mass is 9.77. The number of unbranched alkanes of at least 4 members (excludes halogenated alkanes) is 14. The van der Waals surface area contributed by atoms with E-state index >= 15 is 0 Å². The van der Waals surface area contributed by atoms with E-state index in [0.29, 0.717) is 41.0 Å². The normalized spacial score (nSPS) is 18.2. The summed E-state index contributed by atoms with van der Waals surface area (Å²) in [5.41, 5.74) is 1.68. The number of phenols is 1.